The maximum absolute atomic E-state index is 5.52. The largest absolute Gasteiger partial charge is 0.288 e. The smallest absolute Gasteiger partial charge is 0.237 e. The lowest BCUT2D eigenvalue weighted by atomic mass is 10.2. The van der Waals surface area contributed by atoms with E-state index in [1.165, 1.54) is 15.8 Å². The average Bonchev–Trinajstić information content (AvgIpc) is 2.68. The van der Waals surface area contributed by atoms with Gasteiger partial charge in [0.1, 0.15) is 0 Å². The van der Waals surface area contributed by atoms with Crippen molar-refractivity contribution in [2.75, 3.05) is 0 Å². The normalized spacial score (nSPS) is 11.0. The fourth-order valence-electron chi connectivity index (χ4n) is 2.19. The van der Waals surface area contributed by atoms with Crippen molar-refractivity contribution in [2.45, 2.75) is 6.92 Å². The molecule has 0 fully saturated rings. The molecule has 0 aliphatic carbocycles. The second-order valence-corrected chi connectivity index (χ2v) is 5.97. The summed E-state index contributed by atoms with van der Waals surface area (Å²) >= 11 is 7.18. The molecule has 0 bridgehead atoms. The zero-order chi connectivity index (χ0) is 12.7. The Morgan fingerprint density at radius 2 is 2.00 bits per heavy atom. The summed E-state index contributed by atoms with van der Waals surface area (Å²) in [5.41, 5.74) is 2.47. The number of aromatic nitrogens is 2. The Balaban J connectivity index is 2.47. The molecule has 0 saturated carbocycles. The maximum Gasteiger partial charge on any atom is 0.288 e. The van der Waals surface area contributed by atoms with E-state index in [4.69, 9.17) is 12.2 Å². The van der Waals surface area contributed by atoms with Gasteiger partial charge in [-0.2, -0.15) is 4.57 Å². The van der Waals surface area contributed by atoms with Gasteiger partial charge in [-0.05, 0) is 36.8 Å². The van der Waals surface area contributed by atoms with Crippen LogP contribution in [-0.4, -0.2) is 4.57 Å². The number of rotatable bonds is 1. The van der Waals surface area contributed by atoms with Gasteiger partial charge in [0.05, 0.1) is 17.9 Å². The average molecular weight is 273 g/mol. The first-order chi connectivity index (χ1) is 8.68. The van der Waals surface area contributed by atoms with Crippen molar-refractivity contribution < 1.29 is 4.57 Å². The van der Waals surface area contributed by atoms with Crippen LogP contribution in [0.1, 0.15) is 5.56 Å². The molecule has 0 unspecified atom stereocenters. The fourth-order valence-corrected chi connectivity index (χ4v) is 3.60. The van der Waals surface area contributed by atoms with E-state index < -0.39 is 0 Å². The van der Waals surface area contributed by atoms with Crippen molar-refractivity contribution in [1.82, 2.24) is 4.57 Å². The summed E-state index contributed by atoms with van der Waals surface area (Å²) < 4.78 is 6.38. The lowest BCUT2D eigenvalue weighted by Gasteiger charge is -2.02. The Bertz CT molecular complexity index is 784. The first kappa shape index (κ1) is 11.6. The van der Waals surface area contributed by atoms with E-state index in [1.54, 1.807) is 11.3 Å². The lowest BCUT2D eigenvalue weighted by molar-refractivity contribution is -0.665. The molecule has 4 heteroatoms. The molecular weight excluding hydrogens is 260 g/mol. The molecule has 18 heavy (non-hydrogen) atoms. The van der Waals surface area contributed by atoms with Crippen molar-refractivity contribution in [3.05, 3.63) is 52.1 Å². The molecule has 2 heterocycles. The molecule has 0 aliphatic rings. The Morgan fingerprint density at radius 3 is 2.78 bits per heavy atom. The molecule has 2 nitrogen and oxygen atoms in total. The van der Waals surface area contributed by atoms with Crippen molar-refractivity contribution in [3.63, 3.8) is 0 Å². The lowest BCUT2D eigenvalue weighted by Crippen LogP contribution is -2.33. The van der Waals surface area contributed by atoms with Gasteiger partial charge in [-0.15, -0.1) is 0 Å². The van der Waals surface area contributed by atoms with E-state index >= 15 is 0 Å². The van der Waals surface area contributed by atoms with Crippen molar-refractivity contribution >= 4 is 33.8 Å². The van der Waals surface area contributed by atoms with Gasteiger partial charge in [0.2, 0.25) is 0 Å². The van der Waals surface area contributed by atoms with Crippen LogP contribution < -0.4 is 4.57 Å². The summed E-state index contributed by atoms with van der Waals surface area (Å²) in [4.78, 5) is 0. The summed E-state index contributed by atoms with van der Waals surface area (Å²) in [7, 11) is 2.04. The molecule has 0 aliphatic heterocycles. The van der Waals surface area contributed by atoms with Gasteiger partial charge in [-0.1, -0.05) is 29.5 Å². The predicted octanol–water partition coefficient (Wildman–Crippen LogP) is 3.55. The first-order valence-electron chi connectivity index (χ1n) is 5.74. The molecule has 0 N–H and O–H groups in total. The highest BCUT2D eigenvalue weighted by Gasteiger charge is 2.18. The topological polar surface area (TPSA) is 8.81 Å². The maximum atomic E-state index is 5.52. The van der Waals surface area contributed by atoms with Crippen molar-refractivity contribution in [2.24, 2.45) is 7.05 Å². The Hall–Kier alpha value is -1.52. The van der Waals surface area contributed by atoms with Gasteiger partial charge < -0.3 is 0 Å². The van der Waals surface area contributed by atoms with Gasteiger partial charge in [-0.3, -0.25) is 0 Å². The summed E-state index contributed by atoms with van der Waals surface area (Å²) in [5.74, 6) is 1.10. The van der Waals surface area contributed by atoms with Crippen molar-refractivity contribution in [1.29, 1.82) is 0 Å². The third kappa shape index (κ3) is 1.69. The molecule has 90 valence electrons. The van der Waals surface area contributed by atoms with E-state index in [-0.39, 0.29) is 0 Å². The standard InChI is InChI=1S/C14H13N2S2/c1-10-6-5-7-11-13(10)16(14(17)18-11)12-8-3-4-9-15(12)2/h3-9H,1-2H3/q+1. The van der Waals surface area contributed by atoms with E-state index in [0.717, 1.165) is 9.77 Å². The van der Waals surface area contributed by atoms with E-state index in [1.807, 2.05) is 25.4 Å². The van der Waals surface area contributed by atoms with Gasteiger partial charge in [0.25, 0.3) is 9.77 Å². The minimum Gasteiger partial charge on any atom is -0.237 e. The Labute approximate surface area is 115 Å². The monoisotopic (exact) mass is 273 g/mol. The SMILES string of the molecule is Cc1cccc2sc(=S)n(-c3cccc[n+]3C)c12. The quantitative estimate of drug-likeness (QED) is 0.486. The molecule has 1 aromatic carbocycles. The van der Waals surface area contributed by atoms with Crippen LogP contribution in [0.5, 0.6) is 0 Å². The van der Waals surface area contributed by atoms with Crippen LogP contribution >= 0.6 is 23.6 Å². The summed E-state index contributed by atoms with van der Waals surface area (Å²) in [6.45, 7) is 2.13. The second-order valence-electron chi connectivity index (χ2n) is 4.29. The highest BCUT2D eigenvalue weighted by molar-refractivity contribution is 7.73. The van der Waals surface area contributed by atoms with Crippen LogP contribution in [0.4, 0.5) is 0 Å². The number of hydrogen-bond acceptors (Lipinski definition) is 2. The number of pyridine rings is 1. The molecule has 0 saturated heterocycles. The zero-order valence-electron chi connectivity index (χ0n) is 10.3. The summed E-state index contributed by atoms with van der Waals surface area (Å²) in [6.07, 6.45) is 2.04. The van der Waals surface area contributed by atoms with Crippen LogP contribution in [0.15, 0.2) is 42.6 Å². The summed E-state index contributed by atoms with van der Waals surface area (Å²) in [6, 6.07) is 12.5. The van der Waals surface area contributed by atoms with Crippen LogP contribution in [0.3, 0.4) is 0 Å². The number of hydrogen-bond donors (Lipinski definition) is 0. The Kier molecular flexibility index (Phi) is 2.76. The number of nitrogens with zero attached hydrogens (tertiary/aromatic N) is 2. The third-order valence-corrected chi connectivity index (χ3v) is 4.40. The van der Waals surface area contributed by atoms with Gasteiger partial charge in [-0.25, -0.2) is 4.57 Å². The van der Waals surface area contributed by atoms with E-state index in [9.17, 15) is 0 Å². The van der Waals surface area contributed by atoms with Crippen LogP contribution in [0.2, 0.25) is 0 Å². The molecule has 0 spiro atoms. The number of fused-ring (bicyclic) bond motifs is 1. The van der Waals surface area contributed by atoms with Crippen molar-refractivity contribution in [3.8, 4) is 5.82 Å². The van der Waals surface area contributed by atoms with E-state index in [2.05, 4.69) is 40.3 Å². The minimum atomic E-state index is 0.890. The molecule has 3 rings (SSSR count). The molecule has 3 aromatic rings. The number of benzene rings is 1. The molecule has 0 atom stereocenters. The zero-order valence-corrected chi connectivity index (χ0v) is 11.9. The molecular formula is C14H13N2S2+. The molecule has 0 amide bonds. The minimum absolute atomic E-state index is 0.890. The first-order valence-corrected chi connectivity index (χ1v) is 6.97. The van der Waals surface area contributed by atoms with Gasteiger partial charge in [0, 0.05) is 6.07 Å². The summed E-state index contributed by atoms with van der Waals surface area (Å²) in [5, 5.41) is 0. The third-order valence-electron chi connectivity index (χ3n) is 3.06. The van der Waals surface area contributed by atoms with Crippen LogP contribution in [0.25, 0.3) is 16.0 Å². The van der Waals surface area contributed by atoms with Crippen LogP contribution in [0, 0.1) is 10.9 Å². The predicted molar refractivity (Wildman–Crippen MR) is 77.9 cm³/mol. The molecule has 2 aromatic heterocycles. The fraction of sp³-hybridized carbons (Fsp3) is 0.143. The van der Waals surface area contributed by atoms with Gasteiger partial charge in [0.15, 0.2) is 5.52 Å². The Morgan fingerprint density at radius 1 is 1.17 bits per heavy atom. The van der Waals surface area contributed by atoms with Crippen LogP contribution in [-0.2, 0) is 7.05 Å². The second kappa shape index (κ2) is 4.30. The van der Waals surface area contributed by atoms with E-state index in [0.29, 0.717) is 0 Å². The number of para-hydroxylation sites is 1. The highest BCUT2D eigenvalue weighted by atomic mass is 32.1. The number of thiazole rings is 1. The highest BCUT2D eigenvalue weighted by Crippen LogP contribution is 2.27. The van der Waals surface area contributed by atoms with Gasteiger partial charge >= 0.3 is 0 Å². The molecule has 0 radical (unpaired) electrons. The number of aryl methyl sites for hydroxylation is 2.